The molecular weight excluding hydrogens is 206 g/mol. The standard InChI is InChI=1S/C16H33N/c1-5-11-17-16(12-14(6-2)7-3)15-10-8-9-13(15)4/h13-17H,5-12H2,1-4H3. The third-order valence-corrected chi connectivity index (χ3v) is 4.84. The van der Waals surface area contributed by atoms with Gasteiger partial charge in [0.15, 0.2) is 0 Å². The molecule has 1 aliphatic carbocycles. The van der Waals surface area contributed by atoms with E-state index in [1.165, 1.54) is 51.5 Å². The molecule has 0 aromatic rings. The van der Waals surface area contributed by atoms with Crippen molar-refractivity contribution in [3.05, 3.63) is 0 Å². The van der Waals surface area contributed by atoms with E-state index in [0.29, 0.717) is 0 Å². The van der Waals surface area contributed by atoms with Gasteiger partial charge in [-0.25, -0.2) is 0 Å². The van der Waals surface area contributed by atoms with Crippen molar-refractivity contribution in [3.63, 3.8) is 0 Å². The summed E-state index contributed by atoms with van der Waals surface area (Å²) in [6.45, 7) is 10.6. The minimum Gasteiger partial charge on any atom is -0.314 e. The minimum atomic E-state index is 0.789. The largest absolute Gasteiger partial charge is 0.314 e. The monoisotopic (exact) mass is 239 g/mol. The molecule has 1 nitrogen and oxygen atoms in total. The minimum absolute atomic E-state index is 0.789. The Morgan fingerprint density at radius 2 is 1.82 bits per heavy atom. The van der Waals surface area contributed by atoms with Crippen molar-refractivity contribution < 1.29 is 0 Å². The van der Waals surface area contributed by atoms with Crippen LogP contribution >= 0.6 is 0 Å². The van der Waals surface area contributed by atoms with E-state index < -0.39 is 0 Å². The second kappa shape index (κ2) is 8.13. The van der Waals surface area contributed by atoms with Crippen molar-refractivity contribution in [2.24, 2.45) is 17.8 Å². The molecule has 1 rings (SSSR count). The van der Waals surface area contributed by atoms with Crippen molar-refractivity contribution in [3.8, 4) is 0 Å². The van der Waals surface area contributed by atoms with Crippen LogP contribution in [0.1, 0.15) is 72.6 Å². The van der Waals surface area contributed by atoms with Crippen molar-refractivity contribution in [1.29, 1.82) is 0 Å². The molecule has 17 heavy (non-hydrogen) atoms. The first-order valence-corrected chi connectivity index (χ1v) is 7.96. The van der Waals surface area contributed by atoms with E-state index in [0.717, 1.165) is 23.8 Å². The Morgan fingerprint density at radius 3 is 2.29 bits per heavy atom. The first kappa shape index (κ1) is 15.0. The van der Waals surface area contributed by atoms with E-state index in [4.69, 9.17) is 0 Å². The molecule has 0 aromatic heterocycles. The van der Waals surface area contributed by atoms with Gasteiger partial charge in [0, 0.05) is 6.04 Å². The van der Waals surface area contributed by atoms with Crippen molar-refractivity contribution in [1.82, 2.24) is 5.32 Å². The van der Waals surface area contributed by atoms with Crippen LogP contribution in [0.5, 0.6) is 0 Å². The Bertz CT molecular complexity index is 186. The average molecular weight is 239 g/mol. The number of rotatable bonds is 8. The normalized spacial score (nSPS) is 26.6. The number of nitrogens with one attached hydrogen (secondary N) is 1. The van der Waals surface area contributed by atoms with E-state index in [1.54, 1.807) is 0 Å². The van der Waals surface area contributed by atoms with Crippen LogP contribution < -0.4 is 5.32 Å². The topological polar surface area (TPSA) is 12.0 Å². The van der Waals surface area contributed by atoms with Gasteiger partial charge < -0.3 is 5.32 Å². The van der Waals surface area contributed by atoms with E-state index in [-0.39, 0.29) is 0 Å². The highest BCUT2D eigenvalue weighted by molar-refractivity contribution is 4.86. The lowest BCUT2D eigenvalue weighted by Crippen LogP contribution is -2.39. The molecule has 1 N–H and O–H groups in total. The molecule has 1 aliphatic rings. The van der Waals surface area contributed by atoms with Gasteiger partial charge in [-0.05, 0) is 43.6 Å². The maximum Gasteiger partial charge on any atom is 0.0100 e. The molecule has 0 aromatic carbocycles. The van der Waals surface area contributed by atoms with E-state index in [2.05, 4.69) is 33.0 Å². The van der Waals surface area contributed by atoms with E-state index >= 15 is 0 Å². The zero-order chi connectivity index (χ0) is 12.7. The zero-order valence-corrected chi connectivity index (χ0v) is 12.5. The summed E-state index contributed by atoms with van der Waals surface area (Å²) < 4.78 is 0. The van der Waals surface area contributed by atoms with Crippen molar-refractivity contribution in [2.45, 2.75) is 78.7 Å². The molecule has 0 amide bonds. The average Bonchev–Trinajstić information content (AvgIpc) is 2.76. The molecule has 0 radical (unpaired) electrons. The van der Waals surface area contributed by atoms with Crippen LogP contribution in [-0.4, -0.2) is 12.6 Å². The van der Waals surface area contributed by atoms with Crippen LogP contribution in [0.3, 0.4) is 0 Å². The van der Waals surface area contributed by atoms with Gasteiger partial charge in [0.2, 0.25) is 0 Å². The summed E-state index contributed by atoms with van der Waals surface area (Å²) >= 11 is 0. The highest BCUT2D eigenvalue weighted by atomic mass is 14.9. The molecule has 1 heteroatoms. The van der Waals surface area contributed by atoms with Crippen molar-refractivity contribution >= 4 is 0 Å². The molecule has 3 unspecified atom stereocenters. The fourth-order valence-electron chi connectivity index (χ4n) is 3.49. The van der Waals surface area contributed by atoms with Gasteiger partial charge in [-0.3, -0.25) is 0 Å². The summed E-state index contributed by atoms with van der Waals surface area (Å²) in [6.07, 6.45) is 9.74. The molecule has 0 spiro atoms. The Hall–Kier alpha value is -0.0400. The smallest absolute Gasteiger partial charge is 0.0100 e. The summed E-state index contributed by atoms with van der Waals surface area (Å²) in [5.74, 6) is 2.82. The SMILES string of the molecule is CCCNC(CC(CC)CC)C1CCCC1C. The molecule has 1 fully saturated rings. The molecule has 0 heterocycles. The van der Waals surface area contributed by atoms with Gasteiger partial charge in [0.1, 0.15) is 0 Å². The second-order valence-electron chi connectivity index (χ2n) is 6.05. The predicted molar refractivity (Wildman–Crippen MR) is 77.3 cm³/mol. The molecule has 0 aliphatic heterocycles. The van der Waals surface area contributed by atoms with Gasteiger partial charge in [-0.1, -0.05) is 53.4 Å². The summed E-state index contributed by atoms with van der Waals surface area (Å²) in [4.78, 5) is 0. The van der Waals surface area contributed by atoms with Crippen LogP contribution in [0.4, 0.5) is 0 Å². The first-order chi connectivity index (χ1) is 8.22. The maximum atomic E-state index is 3.84. The van der Waals surface area contributed by atoms with Gasteiger partial charge in [-0.2, -0.15) is 0 Å². The summed E-state index contributed by atoms with van der Waals surface area (Å²) in [5.41, 5.74) is 0. The summed E-state index contributed by atoms with van der Waals surface area (Å²) in [6, 6.07) is 0.789. The van der Waals surface area contributed by atoms with E-state index in [9.17, 15) is 0 Å². The Balaban J connectivity index is 2.52. The van der Waals surface area contributed by atoms with Gasteiger partial charge in [0.05, 0.1) is 0 Å². The van der Waals surface area contributed by atoms with E-state index in [1.807, 2.05) is 0 Å². The lowest BCUT2D eigenvalue weighted by Gasteiger charge is -2.31. The Morgan fingerprint density at radius 1 is 1.12 bits per heavy atom. The number of hydrogen-bond donors (Lipinski definition) is 1. The third kappa shape index (κ3) is 4.62. The Kier molecular flexibility index (Phi) is 7.18. The molecule has 0 bridgehead atoms. The predicted octanol–water partition coefficient (Wildman–Crippen LogP) is 4.62. The van der Waals surface area contributed by atoms with Crippen LogP contribution in [-0.2, 0) is 0 Å². The van der Waals surface area contributed by atoms with Gasteiger partial charge in [0.25, 0.3) is 0 Å². The lowest BCUT2D eigenvalue weighted by atomic mass is 9.83. The Labute approximate surface area is 109 Å². The molecule has 3 atom stereocenters. The first-order valence-electron chi connectivity index (χ1n) is 7.96. The van der Waals surface area contributed by atoms with Crippen LogP contribution in [0.25, 0.3) is 0 Å². The lowest BCUT2D eigenvalue weighted by molar-refractivity contribution is 0.246. The summed E-state index contributed by atoms with van der Waals surface area (Å²) in [7, 11) is 0. The third-order valence-electron chi connectivity index (χ3n) is 4.84. The highest BCUT2D eigenvalue weighted by Crippen LogP contribution is 2.36. The fraction of sp³-hybridized carbons (Fsp3) is 1.00. The molecule has 102 valence electrons. The second-order valence-corrected chi connectivity index (χ2v) is 6.05. The zero-order valence-electron chi connectivity index (χ0n) is 12.5. The molecular formula is C16H33N. The molecule has 1 saturated carbocycles. The highest BCUT2D eigenvalue weighted by Gasteiger charge is 2.31. The quantitative estimate of drug-likeness (QED) is 0.652. The molecule has 0 saturated heterocycles. The van der Waals surface area contributed by atoms with Gasteiger partial charge in [-0.15, -0.1) is 0 Å². The van der Waals surface area contributed by atoms with Gasteiger partial charge >= 0.3 is 0 Å². The van der Waals surface area contributed by atoms with Crippen molar-refractivity contribution in [2.75, 3.05) is 6.54 Å². The summed E-state index contributed by atoms with van der Waals surface area (Å²) in [5, 5.41) is 3.84. The maximum absolute atomic E-state index is 3.84. The van der Waals surface area contributed by atoms with Crippen LogP contribution in [0.2, 0.25) is 0 Å². The number of hydrogen-bond acceptors (Lipinski definition) is 1. The van der Waals surface area contributed by atoms with Crippen LogP contribution in [0.15, 0.2) is 0 Å². The fourth-order valence-corrected chi connectivity index (χ4v) is 3.49. The van der Waals surface area contributed by atoms with Crippen LogP contribution in [0, 0.1) is 17.8 Å².